The number of fused-ring (bicyclic) bond motifs is 6. The third-order valence-corrected chi connectivity index (χ3v) is 7.61. The Morgan fingerprint density at radius 1 is 1.28 bits per heavy atom. The van der Waals surface area contributed by atoms with Crippen LogP contribution in [0.2, 0.25) is 0 Å². The quantitative estimate of drug-likeness (QED) is 0.277. The van der Waals surface area contributed by atoms with Crippen LogP contribution in [0.15, 0.2) is 36.4 Å². The van der Waals surface area contributed by atoms with Gasteiger partial charge >= 0.3 is 0 Å². The van der Waals surface area contributed by atoms with E-state index in [0.29, 0.717) is 34.9 Å². The number of amides is 2. The van der Waals surface area contributed by atoms with E-state index < -0.39 is 23.0 Å². The average Bonchev–Trinajstić information content (AvgIpc) is 3.38. The number of rotatable bonds is 7. The fourth-order valence-electron chi connectivity index (χ4n) is 5.99. The molecule has 9 heteroatoms. The Hall–Kier alpha value is -2.38. The Bertz CT molecular complexity index is 1190. The Labute approximate surface area is 192 Å². The predicted octanol–water partition coefficient (Wildman–Crippen LogP) is 2.63. The first kappa shape index (κ1) is 20.2. The molecule has 2 bridgehead atoms. The second-order valence-corrected chi connectivity index (χ2v) is 9.13. The molecule has 32 heavy (non-hydrogen) atoms. The lowest BCUT2D eigenvalue weighted by Gasteiger charge is -2.35. The topological polar surface area (TPSA) is 88.9 Å². The van der Waals surface area contributed by atoms with E-state index in [2.05, 4.69) is 6.07 Å². The Morgan fingerprint density at radius 3 is 2.75 bits per heavy atom. The number of carbonyl (C=O) groups is 2. The first-order chi connectivity index (χ1) is 15.9. The lowest BCUT2D eigenvalue weighted by Crippen LogP contribution is -2.50. The van der Waals surface area contributed by atoms with E-state index in [1.54, 1.807) is 19.2 Å². The van der Waals surface area contributed by atoms with Gasteiger partial charge in [-0.3, -0.25) is 9.59 Å². The normalized spacial score (nSPS) is 33.5. The van der Waals surface area contributed by atoms with Gasteiger partial charge in [-0.1, -0.05) is 36.2 Å². The van der Waals surface area contributed by atoms with Crippen LogP contribution in [0.5, 0.6) is 0 Å². The monoisotopic (exact) mass is 451 g/mol. The van der Waals surface area contributed by atoms with Crippen molar-refractivity contribution in [3.63, 3.8) is 0 Å². The summed E-state index contributed by atoms with van der Waals surface area (Å²) in [5.74, 6) is -1.92. The minimum Gasteiger partial charge on any atom is -0.378 e. The molecule has 0 aliphatic carbocycles. The zero-order valence-corrected chi connectivity index (χ0v) is 18.6. The third-order valence-electron chi connectivity index (χ3n) is 7.31. The van der Waals surface area contributed by atoms with E-state index >= 15 is 0 Å². The molecule has 3 aliphatic rings. The van der Waals surface area contributed by atoms with Crippen LogP contribution in [0.25, 0.3) is 10.8 Å². The van der Waals surface area contributed by atoms with Crippen molar-refractivity contribution in [3.8, 4) is 6.07 Å². The van der Waals surface area contributed by atoms with Crippen molar-refractivity contribution in [2.75, 3.05) is 18.6 Å². The van der Waals surface area contributed by atoms with E-state index in [0.717, 1.165) is 19.0 Å². The van der Waals surface area contributed by atoms with Gasteiger partial charge in [0, 0.05) is 30.7 Å². The summed E-state index contributed by atoms with van der Waals surface area (Å²) in [5, 5.41) is 10.9. The van der Waals surface area contributed by atoms with Crippen LogP contribution >= 0.6 is 11.9 Å². The molecule has 3 heterocycles. The molecule has 2 aromatic rings. The highest BCUT2D eigenvalue weighted by molar-refractivity contribution is 8.15. The first-order valence-corrected chi connectivity index (χ1v) is 11.2. The second-order valence-electron chi connectivity index (χ2n) is 8.70. The molecule has 1 radical (unpaired) electrons. The van der Waals surface area contributed by atoms with Gasteiger partial charge in [0.2, 0.25) is 18.9 Å². The van der Waals surface area contributed by atoms with Gasteiger partial charge in [-0.25, -0.2) is 4.90 Å². The molecule has 0 spiro atoms. The highest BCUT2D eigenvalue weighted by Crippen LogP contribution is 2.63. The van der Waals surface area contributed by atoms with Gasteiger partial charge in [-0.15, -0.1) is 0 Å². The number of ether oxygens (including phenoxy) is 2. The van der Waals surface area contributed by atoms with Crippen molar-refractivity contribution in [2.24, 2.45) is 11.8 Å². The van der Waals surface area contributed by atoms with E-state index in [1.165, 1.54) is 4.90 Å². The van der Waals surface area contributed by atoms with Gasteiger partial charge in [-0.05, 0) is 20.4 Å². The summed E-state index contributed by atoms with van der Waals surface area (Å²) in [5.41, 5.74) is -0.845. The molecule has 5 rings (SSSR count). The molecular weight excluding hydrogens is 427 g/mol. The largest absolute Gasteiger partial charge is 0.378 e. The van der Waals surface area contributed by atoms with E-state index in [1.807, 2.05) is 31.2 Å². The van der Waals surface area contributed by atoms with Crippen molar-refractivity contribution >= 4 is 47.3 Å². The smallest absolute Gasteiger partial charge is 0.240 e. The molecule has 2 unspecified atom stereocenters. The molecule has 5 atom stereocenters. The van der Waals surface area contributed by atoms with Gasteiger partial charge in [0.05, 0.1) is 47.5 Å². The molecule has 163 valence electrons. The fraction of sp³-hybridized carbons (Fsp3) is 0.435. The third kappa shape index (κ3) is 2.73. The van der Waals surface area contributed by atoms with Gasteiger partial charge in [0.15, 0.2) is 0 Å². The standard InChI is InChI=1S/C23H22BN2O5S/c1-22-17(29-2)11-23(31-22,9-10-30-32-24)19-18(22)20(27)26(21(19)28)16-8-7-13(12-25)14-5-3-4-6-15(14)16/h3-8,17-19,24H,9-11H2,1-2H3/t17-,18-,19+,22?,23?/m0/s1/i24T. The maximum Gasteiger partial charge on any atom is 0.240 e. The maximum absolute atomic E-state index is 13.9. The van der Waals surface area contributed by atoms with Crippen molar-refractivity contribution in [2.45, 2.75) is 37.1 Å². The zero-order valence-electron chi connectivity index (χ0n) is 18.7. The van der Waals surface area contributed by atoms with Crippen LogP contribution in [-0.2, 0) is 23.2 Å². The van der Waals surface area contributed by atoms with E-state index in [9.17, 15) is 14.9 Å². The molecule has 7 nitrogen and oxygen atoms in total. The van der Waals surface area contributed by atoms with Crippen molar-refractivity contribution in [3.05, 3.63) is 42.0 Å². The Balaban J connectivity index is 1.58. The first-order valence-electron chi connectivity index (χ1n) is 11.0. The number of carbonyl (C=O) groups excluding carboxylic acids is 2. The molecule has 0 aromatic heterocycles. The predicted molar refractivity (Wildman–Crippen MR) is 121 cm³/mol. The van der Waals surface area contributed by atoms with Crippen molar-refractivity contribution < 1.29 is 23.2 Å². The number of imide groups is 1. The Morgan fingerprint density at radius 2 is 2.03 bits per heavy atom. The SMILES string of the molecule is [3H][B]SOCCC12C[C@H](OC)C(C)(O1)[C@@H]1C(=O)N(c3ccc(C#N)c4ccccc34)C(=O)[C@@H]12. The molecule has 3 saturated heterocycles. The lowest BCUT2D eigenvalue weighted by atomic mass is 9.66. The number of nitriles is 1. The minimum atomic E-state index is -0.933. The van der Waals surface area contributed by atoms with Crippen molar-refractivity contribution in [1.82, 2.24) is 0 Å². The minimum absolute atomic E-state index is 0.275. The zero-order chi connectivity index (χ0) is 23.4. The summed E-state index contributed by atoms with van der Waals surface area (Å²) in [4.78, 5) is 28.9. The van der Waals surface area contributed by atoms with Crippen LogP contribution in [0.3, 0.4) is 0 Å². The maximum atomic E-state index is 13.9. The highest BCUT2D eigenvalue weighted by Gasteiger charge is 2.77. The fourth-order valence-corrected chi connectivity index (χ4v) is 6.17. The number of benzene rings is 2. The average molecular weight is 451 g/mol. The van der Waals surface area contributed by atoms with Crippen LogP contribution in [0.1, 0.15) is 25.3 Å². The summed E-state index contributed by atoms with van der Waals surface area (Å²) in [6.45, 7) is 2.13. The number of nitrogens with zero attached hydrogens (tertiary/aromatic N) is 2. The summed E-state index contributed by atoms with van der Waals surface area (Å²) in [6.07, 6.45) is 0.565. The molecule has 3 aliphatic heterocycles. The number of hydrogen-bond acceptors (Lipinski definition) is 7. The lowest BCUT2D eigenvalue weighted by molar-refractivity contribution is -0.135. The highest BCUT2D eigenvalue weighted by atomic mass is 32.2. The molecule has 3 fully saturated rings. The molecular formula is C23H22BN2O5S. The van der Waals surface area contributed by atoms with Crippen LogP contribution < -0.4 is 4.90 Å². The van der Waals surface area contributed by atoms with Crippen LogP contribution in [0, 0.1) is 23.2 Å². The van der Waals surface area contributed by atoms with Gasteiger partial charge in [0.25, 0.3) is 0 Å². The van der Waals surface area contributed by atoms with Gasteiger partial charge in [-0.2, -0.15) is 5.26 Å². The Kier molecular flexibility index (Phi) is 4.81. The number of anilines is 1. The summed E-state index contributed by atoms with van der Waals surface area (Å²) >= 11 is 0.915. The molecule has 2 aromatic carbocycles. The van der Waals surface area contributed by atoms with E-state index in [-0.39, 0.29) is 24.5 Å². The molecule has 0 saturated carbocycles. The summed E-state index contributed by atoms with van der Waals surface area (Å²) in [7, 11) is 2.69. The second kappa shape index (κ2) is 7.60. The van der Waals surface area contributed by atoms with Crippen LogP contribution in [-0.4, -0.2) is 51.3 Å². The summed E-state index contributed by atoms with van der Waals surface area (Å²) < 4.78 is 24.7. The molecule has 2 amide bonds. The molecule has 0 N–H and O–H groups in total. The van der Waals surface area contributed by atoms with Gasteiger partial charge < -0.3 is 13.7 Å². The van der Waals surface area contributed by atoms with Crippen LogP contribution in [0.4, 0.5) is 5.69 Å². The van der Waals surface area contributed by atoms with E-state index in [4.69, 9.17) is 15.0 Å². The summed E-state index contributed by atoms with van der Waals surface area (Å²) in [6, 6.07) is 12.8. The number of methoxy groups -OCH3 is 1. The van der Waals surface area contributed by atoms with Gasteiger partial charge in [0.1, 0.15) is 5.60 Å². The van der Waals surface area contributed by atoms with Crippen molar-refractivity contribution in [1.29, 1.82) is 6.60 Å². The number of hydrogen-bond donors (Lipinski definition) is 0.